The van der Waals surface area contributed by atoms with Crippen molar-refractivity contribution in [1.29, 1.82) is 5.26 Å². The first kappa shape index (κ1) is 16.6. The van der Waals surface area contributed by atoms with E-state index in [0.29, 0.717) is 5.69 Å². The number of nitriles is 1. The molecule has 0 aliphatic rings. The van der Waals surface area contributed by atoms with Gasteiger partial charge in [-0.2, -0.15) is 5.26 Å². The van der Waals surface area contributed by atoms with Crippen molar-refractivity contribution >= 4 is 38.9 Å². The number of benzene rings is 2. The van der Waals surface area contributed by atoms with Crippen molar-refractivity contribution in [3.05, 3.63) is 58.1 Å². The molecule has 114 valence electrons. The van der Waals surface area contributed by atoms with Crippen LogP contribution in [-0.2, 0) is 10.0 Å². The van der Waals surface area contributed by atoms with Gasteiger partial charge in [0.1, 0.15) is 11.0 Å². The highest BCUT2D eigenvalue weighted by Crippen LogP contribution is 2.31. The predicted molar refractivity (Wildman–Crippen MR) is 87.8 cm³/mol. The summed E-state index contributed by atoms with van der Waals surface area (Å²) in [7, 11) is -3.92. The summed E-state index contributed by atoms with van der Waals surface area (Å²) in [6, 6.07) is 12.7. The SMILES string of the molecule is CCN(c1ccccc1C#N)S(=O)(=O)c1cc(Cl)ccc1Cl. The Kier molecular flexibility index (Phi) is 4.97. The second-order valence-corrected chi connectivity index (χ2v) is 7.05. The number of hydrogen-bond donors (Lipinski definition) is 0. The number of rotatable bonds is 4. The maximum atomic E-state index is 12.9. The van der Waals surface area contributed by atoms with Gasteiger partial charge in [-0.15, -0.1) is 0 Å². The molecule has 22 heavy (non-hydrogen) atoms. The van der Waals surface area contributed by atoms with E-state index in [1.54, 1.807) is 31.2 Å². The van der Waals surface area contributed by atoms with E-state index in [4.69, 9.17) is 23.2 Å². The van der Waals surface area contributed by atoms with Crippen LogP contribution in [0.15, 0.2) is 47.4 Å². The number of halogens is 2. The third kappa shape index (κ3) is 3.05. The molecule has 0 radical (unpaired) electrons. The smallest absolute Gasteiger partial charge is 0.265 e. The van der Waals surface area contributed by atoms with E-state index in [2.05, 4.69) is 0 Å². The van der Waals surface area contributed by atoms with Crippen LogP contribution >= 0.6 is 23.2 Å². The van der Waals surface area contributed by atoms with Crippen LogP contribution in [0.2, 0.25) is 10.0 Å². The van der Waals surface area contributed by atoms with Crippen molar-refractivity contribution < 1.29 is 8.42 Å². The van der Waals surface area contributed by atoms with Crippen molar-refractivity contribution in [2.24, 2.45) is 0 Å². The average molecular weight is 355 g/mol. The minimum absolute atomic E-state index is 0.0808. The quantitative estimate of drug-likeness (QED) is 0.830. The monoisotopic (exact) mass is 354 g/mol. The van der Waals surface area contributed by atoms with Crippen molar-refractivity contribution in [2.75, 3.05) is 10.8 Å². The Labute approximate surface area is 139 Å². The molecule has 4 nitrogen and oxygen atoms in total. The van der Waals surface area contributed by atoms with E-state index in [0.717, 1.165) is 4.31 Å². The van der Waals surface area contributed by atoms with Gasteiger partial charge in [-0.05, 0) is 37.3 Å². The second kappa shape index (κ2) is 6.57. The highest BCUT2D eigenvalue weighted by Gasteiger charge is 2.27. The van der Waals surface area contributed by atoms with E-state index >= 15 is 0 Å². The van der Waals surface area contributed by atoms with Crippen LogP contribution in [0.4, 0.5) is 5.69 Å². The van der Waals surface area contributed by atoms with Gasteiger partial charge in [-0.3, -0.25) is 4.31 Å². The van der Waals surface area contributed by atoms with Gasteiger partial charge in [0.15, 0.2) is 0 Å². The first-order chi connectivity index (χ1) is 10.4. The first-order valence-corrected chi connectivity index (χ1v) is 8.58. The lowest BCUT2D eigenvalue weighted by Crippen LogP contribution is -2.31. The van der Waals surface area contributed by atoms with Gasteiger partial charge in [-0.1, -0.05) is 35.3 Å². The highest BCUT2D eigenvalue weighted by atomic mass is 35.5. The zero-order chi connectivity index (χ0) is 16.3. The molecule has 0 unspecified atom stereocenters. The topological polar surface area (TPSA) is 61.2 Å². The summed E-state index contributed by atoms with van der Waals surface area (Å²) < 4.78 is 26.9. The van der Waals surface area contributed by atoms with Gasteiger partial charge in [0.25, 0.3) is 10.0 Å². The number of anilines is 1. The van der Waals surface area contributed by atoms with Crippen molar-refractivity contribution in [1.82, 2.24) is 0 Å². The maximum Gasteiger partial charge on any atom is 0.265 e. The zero-order valence-corrected chi connectivity index (χ0v) is 14.0. The Balaban J connectivity index is 2.64. The van der Waals surface area contributed by atoms with Crippen LogP contribution in [0.25, 0.3) is 0 Å². The van der Waals surface area contributed by atoms with E-state index < -0.39 is 10.0 Å². The normalized spacial score (nSPS) is 11.0. The number of sulfonamides is 1. The van der Waals surface area contributed by atoms with E-state index in [1.807, 2.05) is 6.07 Å². The lowest BCUT2D eigenvalue weighted by atomic mass is 10.2. The summed E-state index contributed by atoms with van der Waals surface area (Å²) in [5.41, 5.74) is 0.578. The largest absolute Gasteiger partial charge is 0.265 e. The maximum absolute atomic E-state index is 12.9. The van der Waals surface area contributed by atoms with Gasteiger partial charge >= 0.3 is 0 Å². The third-order valence-electron chi connectivity index (χ3n) is 3.04. The van der Waals surface area contributed by atoms with E-state index in [-0.39, 0.29) is 27.0 Å². The van der Waals surface area contributed by atoms with Gasteiger partial charge in [0.2, 0.25) is 0 Å². The molecule has 0 fully saturated rings. The van der Waals surface area contributed by atoms with Crippen molar-refractivity contribution in [2.45, 2.75) is 11.8 Å². The molecule has 2 aromatic rings. The van der Waals surface area contributed by atoms with Gasteiger partial charge in [0.05, 0.1) is 16.3 Å². The Morgan fingerprint density at radius 1 is 1.18 bits per heavy atom. The number of hydrogen-bond acceptors (Lipinski definition) is 3. The van der Waals surface area contributed by atoms with Crippen LogP contribution in [-0.4, -0.2) is 15.0 Å². The van der Waals surface area contributed by atoms with Gasteiger partial charge in [0, 0.05) is 11.6 Å². The molecule has 0 spiro atoms. The summed E-state index contributed by atoms with van der Waals surface area (Å²) >= 11 is 11.9. The molecule has 0 heterocycles. The molecule has 2 aromatic carbocycles. The van der Waals surface area contributed by atoms with Crippen LogP contribution < -0.4 is 4.31 Å². The Morgan fingerprint density at radius 2 is 1.86 bits per heavy atom. The fraction of sp³-hybridized carbons (Fsp3) is 0.133. The molecule has 0 saturated carbocycles. The molecular formula is C15H12Cl2N2O2S. The fourth-order valence-electron chi connectivity index (χ4n) is 2.05. The average Bonchev–Trinajstić information content (AvgIpc) is 2.50. The van der Waals surface area contributed by atoms with Gasteiger partial charge in [-0.25, -0.2) is 8.42 Å². The predicted octanol–water partition coefficient (Wildman–Crippen LogP) is 4.08. The van der Waals surface area contributed by atoms with E-state index in [9.17, 15) is 13.7 Å². The standard InChI is InChI=1S/C15H12Cl2N2O2S/c1-2-19(14-6-4-3-5-11(14)10-18)22(20,21)15-9-12(16)7-8-13(15)17/h3-9H,2H2,1H3. The minimum Gasteiger partial charge on any atom is -0.265 e. The summed E-state index contributed by atoms with van der Waals surface area (Å²) in [6.07, 6.45) is 0. The number of nitrogens with zero attached hydrogens (tertiary/aromatic N) is 2. The number of para-hydroxylation sites is 1. The molecule has 7 heteroatoms. The van der Waals surface area contributed by atoms with E-state index in [1.165, 1.54) is 18.2 Å². The minimum atomic E-state index is -3.92. The summed E-state index contributed by atoms with van der Waals surface area (Å²) in [6.45, 7) is 1.84. The van der Waals surface area contributed by atoms with Crippen LogP contribution in [0.3, 0.4) is 0 Å². The Hall–Kier alpha value is -1.74. The molecule has 0 aliphatic carbocycles. The molecule has 0 N–H and O–H groups in total. The van der Waals surface area contributed by atoms with Crippen LogP contribution in [0.1, 0.15) is 12.5 Å². The molecular weight excluding hydrogens is 343 g/mol. The Bertz CT molecular complexity index is 845. The molecule has 0 atom stereocenters. The van der Waals surface area contributed by atoms with Gasteiger partial charge < -0.3 is 0 Å². The molecule has 0 bridgehead atoms. The second-order valence-electron chi connectivity index (χ2n) is 4.37. The molecule has 2 rings (SSSR count). The third-order valence-corrected chi connectivity index (χ3v) is 5.65. The Morgan fingerprint density at radius 3 is 2.50 bits per heavy atom. The summed E-state index contributed by atoms with van der Waals surface area (Å²) in [5, 5.41) is 9.53. The van der Waals surface area contributed by atoms with Crippen molar-refractivity contribution in [3.8, 4) is 6.07 Å². The lowest BCUT2D eigenvalue weighted by molar-refractivity contribution is 0.592. The summed E-state index contributed by atoms with van der Waals surface area (Å²) in [5.74, 6) is 0. The molecule has 0 saturated heterocycles. The molecule has 0 amide bonds. The summed E-state index contributed by atoms with van der Waals surface area (Å²) in [4.78, 5) is -0.0868. The molecule has 0 aromatic heterocycles. The zero-order valence-electron chi connectivity index (χ0n) is 11.6. The first-order valence-electron chi connectivity index (χ1n) is 6.38. The highest BCUT2D eigenvalue weighted by molar-refractivity contribution is 7.93. The fourth-order valence-corrected chi connectivity index (χ4v) is 4.28. The van der Waals surface area contributed by atoms with Crippen molar-refractivity contribution in [3.63, 3.8) is 0 Å². The lowest BCUT2D eigenvalue weighted by Gasteiger charge is -2.24. The van der Waals surface area contributed by atoms with Crippen LogP contribution in [0.5, 0.6) is 0 Å². The molecule has 0 aliphatic heterocycles. The van der Waals surface area contributed by atoms with Crippen LogP contribution in [0, 0.1) is 11.3 Å².